The summed E-state index contributed by atoms with van der Waals surface area (Å²) in [6.45, 7) is 3.77. The lowest BCUT2D eigenvalue weighted by Gasteiger charge is -2.12. The highest BCUT2D eigenvalue weighted by Gasteiger charge is 2.18. The highest BCUT2D eigenvalue weighted by atomic mass is 35.5. The molecule has 1 aromatic rings. The summed E-state index contributed by atoms with van der Waals surface area (Å²) in [5, 5.41) is 2.92. The van der Waals surface area contributed by atoms with Gasteiger partial charge in [-0.15, -0.1) is 0 Å². The number of esters is 1. The zero-order valence-corrected chi connectivity index (χ0v) is 11.0. The molecule has 0 bridgehead atoms. The van der Waals surface area contributed by atoms with Crippen LogP contribution in [0.5, 0.6) is 0 Å². The van der Waals surface area contributed by atoms with E-state index in [1.165, 1.54) is 25.1 Å². The van der Waals surface area contributed by atoms with Gasteiger partial charge in [0.15, 0.2) is 6.10 Å². The van der Waals surface area contributed by atoms with Gasteiger partial charge in [-0.2, -0.15) is 0 Å². The van der Waals surface area contributed by atoms with E-state index in [1.807, 2.05) is 0 Å². The van der Waals surface area contributed by atoms with Crippen molar-refractivity contribution >= 4 is 29.2 Å². The standard InChI is InChI=1S/C12H15ClN2O3/c1-3-15-11(16)7(2)18-12(17)8-4-5-9(13)10(14)6-8/h4-7H,3,14H2,1-2H3,(H,15,16)/t7-/m1/s1. The lowest BCUT2D eigenvalue weighted by atomic mass is 10.2. The highest BCUT2D eigenvalue weighted by Crippen LogP contribution is 2.20. The van der Waals surface area contributed by atoms with Crippen molar-refractivity contribution in [1.29, 1.82) is 0 Å². The van der Waals surface area contributed by atoms with Crippen molar-refractivity contribution in [1.82, 2.24) is 5.32 Å². The molecule has 0 radical (unpaired) electrons. The Hall–Kier alpha value is -1.75. The quantitative estimate of drug-likeness (QED) is 0.643. The zero-order valence-electron chi connectivity index (χ0n) is 10.2. The summed E-state index contributed by atoms with van der Waals surface area (Å²) in [7, 11) is 0. The molecule has 3 N–H and O–H groups in total. The molecule has 0 aromatic heterocycles. The van der Waals surface area contributed by atoms with Crippen LogP contribution in [0.15, 0.2) is 18.2 Å². The van der Waals surface area contributed by atoms with E-state index >= 15 is 0 Å². The van der Waals surface area contributed by atoms with Crippen molar-refractivity contribution in [3.63, 3.8) is 0 Å². The molecule has 1 rings (SSSR count). The van der Waals surface area contributed by atoms with E-state index in [0.717, 1.165) is 0 Å². The van der Waals surface area contributed by atoms with E-state index in [9.17, 15) is 9.59 Å². The van der Waals surface area contributed by atoms with Crippen LogP contribution in [0.4, 0.5) is 5.69 Å². The number of nitrogens with two attached hydrogens (primary N) is 1. The summed E-state index contributed by atoms with van der Waals surface area (Å²) in [4.78, 5) is 23.1. The topological polar surface area (TPSA) is 81.4 Å². The third-order valence-electron chi connectivity index (χ3n) is 2.24. The summed E-state index contributed by atoms with van der Waals surface area (Å²) in [6, 6.07) is 4.41. The molecule has 1 amide bonds. The van der Waals surface area contributed by atoms with E-state index in [2.05, 4.69) is 5.32 Å². The Morgan fingerprint density at radius 3 is 2.72 bits per heavy atom. The number of amides is 1. The number of nitrogen functional groups attached to an aromatic ring is 1. The second kappa shape index (κ2) is 6.26. The van der Waals surface area contributed by atoms with Gasteiger partial charge in [-0.3, -0.25) is 4.79 Å². The molecule has 0 saturated carbocycles. The maximum absolute atomic E-state index is 11.7. The molecule has 0 saturated heterocycles. The summed E-state index contributed by atoms with van der Waals surface area (Å²) in [5.74, 6) is -0.954. The van der Waals surface area contributed by atoms with Crippen LogP contribution >= 0.6 is 11.6 Å². The molecular weight excluding hydrogens is 256 g/mol. The third-order valence-corrected chi connectivity index (χ3v) is 2.58. The molecule has 0 aliphatic carbocycles. The minimum absolute atomic E-state index is 0.257. The number of carbonyl (C=O) groups is 2. The Kier molecular flexibility index (Phi) is 4.97. The smallest absolute Gasteiger partial charge is 0.338 e. The van der Waals surface area contributed by atoms with Gasteiger partial charge in [0.25, 0.3) is 5.91 Å². The molecular formula is C12H15ClN2O3. The van der Waals surface area contributed by atoms with E-state index in [4.69, 9.17) is 22.1 Å². The minimum atomic E-state index is -0.852. The van der Waals surface area contributed by atoms with Crippen molar-refractivity contribution in [3.05, 3.63) is 28.8 Å². The largest absolute Gasteiger partial charge is 0.449 e. The highest BCUT2D eigenvalue weighted by molar-refractivity contribution is 6.33. The first-order chi connectivity index (χ1) is 8.45. The minimum Gasteiger partial charge on any atom is -0.449 e. The molecule has 18 heavy (non-hydrogen) atoms. The van der Waals surface area contributed by atoms with E-state index in [-0.39, 0.29) is 17.2 Å². The van der Waals surface area contributed by atoms with Gasteiger partial charge in [-0.05, 0) is 32.0 Å². The van der Waals surface area contributed by atoms with Crippen LogP contribution in [0.3, 0.4) is 0 Å². The van der Waals surface area contributed by atoms with Gasteiger partial charge in [0.1, 0.15) is 0 Å². The van der Waals surface area contributed by atoms with Crippen molar-refractivity contribution in [2.75, 3.05) is 12.3 Å². The number of carbonyl (C=O) groups excluding carboxylic acids is 2. The van der Waals surface area contributed by atoms with Gasteiger partial charge >= 0.3 is 5.97 Å². The SMILES string of the molecule is CCNC(=O)[C@@H](C)OC(=O)c1ccc(Cl)c(N)c1. The zero-order chi connectivity index (χ0) is 13.7. The Labute approximate surface area is 110 Å². The summed E-state index contributed by atoms with van der Waals surface area (Å²) in [6.07, 6.45) is -0.852. The van der Waals surface area contributed by atoms with E-state index in [1.54, 1.807) is 6.92 Å². The van der Waals surface area contributed by atoms with Crippen LogP contribution in [0.25, 0.3) is 0 Å². The van der Waals surface area contributed by atoms with Crippen LogP contribution in [0.1, 0.15) is 24.2 Å². The first kappa shape index (κ1) is 14.3. The fraction of sp³-hybridized carbons (Fsp3) is 0.333. The fourth-order valence-electron chi connectivity index (χ4n) is 1.27. The molecule has 0 spiro atoms. The summed E-state index contributed by atoms with van der Waals surface area (Å²) in [5.41, 5.74) is 6.12. The van der Waals surface area contributed by atoms with Gasteiger partial charge in [-0.25, -0.2) is 4.79 Å². The van der Waals surface area contributed by atoms with Gasteiger partial charge in [-0.1, -0.05) is 11.6 Å². The van der Waals surface area contributed by atoms with Gasteiger partial charge in [0, 0.05) is 6.54 Å². The van der Waals surface area contributed by atoms with Crippen LogP contribution in [0.2, 0.25) is 5.02 Å². The molecule has 5 nitrogen and oxygen atoms in total. The Bertz CT molecular complexity index is 463. The fourth-order valence-corrected chi connectivity index (χ4v) is 1.39. The molecule has 0 aliphatic rings. The number of rotatable bonds is 4. The summed E-state index contributed by atoms with van der Waals surface area (Å²) < 4.78 is 5.00. The normalized spacial score (nSPS) is 11.7. The van der Waals surface area contributed by atoms with E-state index < -0.39 is 12.1 Å². The Morgan fingerprint density at radius 1 is 1.50 bits per heavy atom. The molecule has 1 atom stereocenters. The second-order valence-corrected chi connectivity index (χ2v) is 4.09. The van der Waals surface area contributed by atoms with Crippen LogP contribution in [-0.4, -0.2) is 24.5 Å². The average Bonchev–Trinajstić information content (AvgIpc) is 2.32. The lowest BCUT2D eigenvalue weighted by Crippen LogP contribution is -2.35. The number of nitrogens with one attached hydrogen (secondary N) is 1. The van der Waals surface area contributed by atoms with Crippen molar-refractivity contribution in [2.24, 2.45) is 0 Å². The number of likely N-dealkylation sites (N-methyl/N-ethyl adjacent to an activating group) is 1. The Morgan fingerprint density at radius 2 is 2.17 bits per heavy atom. The van der Waals surface area contributed by atoms with Crippen molar-refractivity contribution in [3.8, 4) is 0 Å². The molecule has 0 aliphatic heterocycles. The number of hydrogen-bond donors (Lipinski definition) is 2. The molecule has 0 fully saturated rings. The Balaban J connectivity index is 2.70. The van der Waals surface area contributed by atoms with Crippen LogP contribution in [-0.2, 0) is 9.53 Å². The van der Waals surface area contributed by atoms with Gasteiger partial charge in [0.2, 0.25) is 0 Å². The molecule has 1 aromatic carbocycles. The average molecular weight is 271 g/mol. The first-order valence-corrected chi connectivity index (χ1v) is 5.87. The van der Waals surface area contributed by atoms with E-state index in [0.29, 0.717) is 11.6 Å². The first-order valence-electron chi connectivity index (χ1n) is 5.49. The second-order valence-electron chi connectivity index (χ2n) is 3.68. The predicted octanol–water partition coefficient (Wildman–Crippen LogP) is 1.60. The molecule has 6 heteroatoms. The molecule has 98 valence electrons. The maximum atomic E-state index is 11.7. The monoisotopic (exact) mass is 270 g/mol. The number of benzene rings is 1. The van der Waals surface area contributed by atoms with Gasteiger partial charge in [0.05, 0.1) is 16.3 Å². The number of anilines is 1. The summed E-state index contributed by atoms with van der Waals surface area (Å²) >= 11 is 5.74. The maximum Gasteiger partial charge on any atom is 0.338 e. The molecule has 0 heterocycles. The number of halogens is 1. The predicted molar refractivity (Wildman–Crippen MR) is 69.4 cm³/mol. The lowest BCUT2D eigenvalue weighted by molar-refractivity contribution is -0.128. The number of hydrogen-bond acceptors (Lipinski definition) is 4. The van der Waals surface area contributed by atoms with Crippen LogP contribution in [0, 0.1) is 0 Å². The molecule has 0 unspecified atom stereocenters. The van der Waals surface area contributed by atoms with Crippen molar-refractivity contribution < 1.29 is 14.3 Å². The van der Waals surface area contributed by atoms with Crippen LogP contribution < -0.4 is 11.1 Å². The van der Waals surface area contributed by atoms with Gasteiger partial charge < -0.3 is 15.8 Å². The van der Waals surface area contributed by atoms with Crippen molar-refractivity contribution in [2.45, 2.75) is 20.0 Å². The number of ether oxygens (including phenoxy) is 1. The third kappa shape index (κ3) is 3.63.